The first kappa shape index (κ1) is 18.9. The standard InChI is InChI=1S/C25H19N3O3/c1-30-18-13-11-16(12-14-18)23-22-19-9-5-6-10-20(19)28(21(15-26)24(22)31-27-23)25(29)17-7-3-2-4-8-17/h2-14,21-22,24H,1H3/t21?,22-,24-/m1/s1. The molecule has 3 aromatic carbocycles. The Morgan fingerprint density at radius 3 is 2.45 bits per heavy atom. The van der Waals surface area contributed by atoms with Gasteiger partial charge in [-0.25, -0.2) is 0 Å². The summed E-state index contributed by atoms with van der Waals surface area (Å²) in [6.45, 7) is 0. The molecule has 0 saturated carbocycles. The highest BCUT2D eigenvalue weighted by molar-refractivity contribution is 6.12. The fourth-order valence-electron chi connectivity index (χ4n) is 4.30. The van der Waals surface area contributed by atoms with E-state index in [1.807, 2.05) is 66.7 Å². The van der Waals surface area contributed by atoms with E-state index in [0.29, 0.717) is 11.3 Å². The third-order valence-electron chi connectivity index (χ3n) is 5.77. The van der Waals surface area contributed by atoms with Crippen LogP contribution in [0.1, 0.15) is 27.4 Å². The van der Waals surface area contributed by atoms with Crippen molar-refractivity contribution in [1.29, 1.82) is 5.26 Å². The van der Waals surface area contributed by atoms with Crippen LogP contribution in [0.25, 0.3) is 0 Å². The lowest BCUT2D eigenvalue weighted by Crippen LogP contribution is -2.52. The Bertz CT molecular complexity index is 1200. The highest BCUT2D eigenvalue weighted by atomic mass is 16.6. The summed E-state index contributed by atoms with van der Waals surface area (Å²) in [6, 6.07) is 25.7. The highest BCUT2D eigenvalue weighted by Crippen LogP contribution is 2.45. The van der Waals surface area contributed by atoms with Crippen LogP contribution in [-0.4, -0.2) is 30.9 Å². The molecule has 0 aromatic heterocycles. The van der Waals surface area contributed by atoms with Crippen molar-refractivity contribution in [3.05, 3.63) is 95.6 Å². The van der Waals surface area contributed by atoms with Crippen LogP contribution in [0.5, 0.6) is 5.75 Å². The minimum atomic E-state index is -0.813. The first-order chi connectivity index (χ1) is 15.2. The molecule has 0 N–H and O–H groups in total. The molecule has 152 valence electrons. The molecule has 1 amide bonds. The van der Waals surface area contributed by atoms with Crippen LogP contribution in [0.15, 0.2) is 84.0 Å². The maximum atomic E-state index is 13.4. The predicted molar refractivity (Wildman–Crippen MR) is 116 cm³/mol. The monoisotopic (exact) mass is 409 g/mol. The molecule has 6 nitrogen and oxygen atoms in total. The largest absolute Gasteiger partial charge is 0.497 e. The number of benzene rings is 3. The first-order valence-electron chi connectivity index (χ1n) is 9.98. The normalized spacial score (nSPS) is 21.2. The Hall–Kier alpha value is -4.11. The molecule has 6 heteroatoms. The molecular weight excluding hydrogens is 390 g/mol. The van der Waals surface area contributed by atoms with Gasteiger partial charge in [-0.15, -0.1) is 0 Å². The number of rotatable bonds is 3. The topological polar surface area (TPSA) is 74.9 Å². The van der Waals surface area contributed by atoms with Crippen molar-refractivity contribution in [2.75, 3.05) is 12.0 Å². The van der Waals surface area contributed by atoms with Crippen LogP contribution in [0, 0.1) is 11.3 Å². The van der Waals surface area contributed by atoms with Gasteiger partial charge in [0.2, 0.25) is 0 Å². The van der Waals surface area contributed by atoms with E-state index in [-0.39, 0.29) is 11.8 Å². The van der Waals surface area contributed by atoms with Gasteiger partial charge in [0.25, 0.3) is 5.91 Å². The molecule has 0 spiro atoms. The summed E-state index contributed by atoms with van der Waals surface area (Å²) < 4.78 is 5.25. The molecule has 3 aromatic rings. The van der Waals surface area contributed by atoms with Gasteiger partial charge in [-0.05, 0) is 48.0 Å². The number of nitriles is 1. The van der Waals surface area contributed by atoms with Gasteiger partial charge < -0.3 is 9.57 Å². The second kappa shape index (κ2) is 7.62. The van der Waals surface area contributed by atoms with E-state index in [0.717, 1.165) is 22.6 Å². The number of anilines is 1. The molecule has 31 heavy (non-hydrogen) atoms. The lowest BCUT2D eigenvalue weighted by atomic mass is 9.78. The van der Waals surface area contributed by atoms with Crippen LogP contribution >= 0.6 is 0 Å². The molecule has 0 aliphatic carbocycles. The van der Waals surface area contributed by atoms with Gasteiger partial charge >= 0.3 is 0 Å². The number of ether oxygens (including phenoxy) is 1. The average Bonchev–Trinajstić information content (AvgIpc) is 3.28. The van der Waals surface area contributed by atoms with Crippen LogP contribution in [0.3, 0.4) is 0 Å². The van der Waals surface area contributed by atoms with Crippen molar-refractivity contribution in [3.8, 4) is 11.8 Å². The Balaban J connectivity index is 1.61. The van der Waals surface area contributed by atoms with Crippen LogP contribution in [0.4, 0.5) is 5.69 Å². The van der Waals surface area contributed by atoms with Crippen molar-refractivity contribution in [3.63, 3.8) is 0 Å². The Labute approximate surface area is 179 Å². The third kappa shape index (κ3) is 3.03. The lowest BCUT2D eigenvalue weighted by molar-refractivity contribution is 0.0596. The maximum absolute atomic E-state index is 13.4. The van der Waals surface area contributed by atoms with Crippen LogP contribution in [0.2, 0.25) is 0 Å². The molecule has 0 bridgehead atoms. The predicted octanol–water partition coefficient (Wildman–Crippen LogP) is 4.13. The number of nitrogens with zero attached hydrogens (tertiary/aromatic N) is 3. The Morgan fingerprint density at radius 1 is 1.03 bits per heavy atom. The number of oxime groups is 1. The van der Waals surface area contributed by atoms with Crippen LogP contribution in [-0.2, 0) is 4.84 Å². The summed E-state index contributed by atoms with van der Waals surface area (Å²) in [5.41, 5.74) is 3.77. The van der Waals surface area contributed by atoms with Crippen molar-refractivity contribution in [2.24, 2.45) is 5.16 Å². The molecule has 3 atom stereocenters. The average molecular weight is 409 g/mol. The fraction of sp³-hybridized carbons (Fsp3) is 0.160. The summed E-state index contributed by atoms with van der Waals surface area (Å²) >= 11 is 0. The van der Waals surface area contributed by atoms with E-state index >= 15 is 0 Å². The lowest BCUT2D eigenvalue weighted by Gasteiger charge is -2.39. The number of hydrogen-bond donors (Lipinski definition) is 0. The summed E-state index contributed by atoms with van der Waals surface area (Å²) in [7, 11) is 1.62. The molecule has 2 heterocycles. The number of carbonyl (C=O) groups excluding carboxylic acids is 1. The van der Waals surface area contributed by atoms with E-state index in [4.69, 9.17) is 9.57 Å². The van der Waals surface area contributed by atoms with Gasteiger partial charge in [-0.1, -0.05) is 41.6 Å². The van der Waals surface area contributed by atoms with E-state index in [9.17, 15) is 10.1 Å². The Kier molecular flexibility index (Phi) is 4.64. The van der Waals surface area contributed by atoms with Crippen molar-refractivity contribution >= 4 is 17.3 Å². The number of hydrogen-bond acceptors (Lipinski definition) is 5. The van der Waals surface area contributed by atoms with Crippen molar-refractivity contribution < 1.29 is 14.4 Å². The van der Waals surface area contributed by atoms with E-state index in [2.05, 4.69) is 11.2 Å². The second-order valence-electron chi connectivity index (χ2n) is 7.43. The molecule has 0 fully saturated rings. The van der Waals surface area contributed by atoms with Gasteiger partial charge in [-0.3, -0.25) is 9.69 Å². The summed E-state index contributed by atoms with van der Waals surface area (Å²) in [6.07, 6.45) is -0.593. The molecule has 1 unspecified atom stereocenters. The molecule has 2 aliphatic rings. The summed E-state index contributed by atoms with van der Waals surface area (Å²) in [4.78, 5) is 20.7. The van der Waals surface area contributed by atoms with Gasteiger partial charge in [0, 0.05) is 16.8 Å². The first-order valence-corrected chi connectivity index (χ1v) is 9.98. The van der Waals surface area contributed by atoms with Crippen molar-refractivity contribution in [1.82, 2.24) is 0 Å². The molecule has 2 aliphatic heterocycles. The quantitative estimate of drug-likeness (QED) is 0.652. The Morgan fingerprint density at radius 2 is 1.74 bits per heavy atom. The smallest absolute Gasteiger partial charge is 0.259 e. The summed E-state index contributed by atoms with van der Waals surface area (Å²) in [5, 5.41) is 14.4. The second-order valence-corrected chi connectivity index (χ2v) is 7.43. The third-order valence-corrected chi connectivity index (χ3v) is 5.77. The minimum absolute atomic E-state index is 0.237. The number of carbonyl (C=O) groups is 1. The molecule has 5 rings (SSSR count). The number of para-hydroxylation sites is 1. The van der Waals surface area contributed by atoms with E-state index < -0.39 is 12.1 Å². The minimum Gasteiger partial charge on any atom is -0.497 e. The number of fused-ring (bicyclic) bond motifs is 3. The zero-order chi connectivity index (χ0) is 21.4. The number of amides is 1. The summed E-state index contributed by atoms with van der Waals surface area (Å²) in [5.74, 6) is 0.256. The van der Waals surface area contributed by atoms with Gasteiger partial charge in [0.05, 0.1) is 24.8 Å². The number of methoxy groups -OCH3 is 1. The molecule has 0 saturated heterocycles. The highest BCUT2D eigenvalue weighted by Gasteiger charge is 2.50. The zero-order valence-electron chi connectivity index (χ0n) is 16.8. The zero-order valence-corrected chi connectivity index (χ0v) is 16.8. The van der Waals surface area contributed by atoms with E-state index in [1.54, 1.807) is 19.2 Å². The SMILES string of the molecule is COc1ccc(C2=NO[C@@H]3C(C#N)N(C(=O)c4ccccc4)c4ccccc4[C@H]23)cc1. The van der Waals surface area contributed by atoms with Gasteiger partial charge in [0.1, 0.15) is 5.75 Å². The van der Waals surface area contributed by atoms with Gasteiger partial charge in [0.15, 0.2) is 12.1 Å². The van der Waals surface area contributed by atoms with E-state index in [1.165, 1.54) is 4.90 Å². The van der Waals surface area contributed by atoms with Crippen molar-refractivity contribution in [2.45, 2.75) is 18.1 Å². The van der Waals surface area contributed by atoms with Gasteiger partial charge in [-0.2, -0.15) is 5.26 Å². The maximum Gasteiger partial charge on any atom is 0.259 e. The molecule has 0 radical (unpaired) electrons. The molecular formula is C25H19N3O3. The van der Waals surface area contributed by atoms with Crippen LogP contribution < -0.4 is 9.64 Å². The fourth-order valence-corrected chi connectivity index (χ4v) is 4.30.